The van der Waals surface area contributed by atoms with Crippen molar-refractivity contribution in [3.63, 3.8) is 0 Å². The normalized spacial score (nSPS) is 10.3. The molecule has 0 atom stereocenters. The largest absolute Gasteiger partial charge is 0.487 e. The van der Waals surface area contributed by atoms with E-state index in [0.717, 1.165) is 11.3 Å². The van der Waals surface area contributed by atoms with E-state index in [1.807, 2.05) is 0 Å². The van der Waals surface area contributed by atoms with Gasteiger partial charge in [0.25, 0.3) is 0 Å². The van der Waals surface area contributed by atoms with E-state index in [1.54, 1.807) is 18.2 Å². The zero-order valence-electron chi connectivity index (χ0n) is 11.0. The van der Waals surface area contributed by atoms with Crippen molar-refractivity contribution >= 4 is 45.5 Å². The van der Waals surface area contributed by atoms with Gasteiger partial charge in [0.2, 0.25) is 0 Å². The van der Waals surface area contributed by atoms with Crippen LogP contribution in [-0.2, 0) is 4.74 Å². The molecule has 0 spiro atoms. The Bertz CT molecular complexity index is 683. The van der Waals surface area contributed by atoms with Gasteiger partial charge in [-0.15, -0.1) is 0 Å². The van der Waals surface area contributed by atoms with E-state index >= 15 is 0 Å². The fourth-order valence-electron chi connectivity index (χ4n) is 1.51. The number of nitro groups is 1. The third-order valence-corrected chi connectivity index (χ3v) is 4.07. The average Bonchev–Trinajstić information content (AvgIpc) is 2.96. The molecule has 2 aromatic rings. The molecule has 22 heavy (non-hydrogen) atoms. The number of benzene rings is 1. The van der Waals surface area contributed by atoms with Crippen molar-refractivity contribution in [3.8, 4) is 5.75 Å². The molecular formula is C13H9Cl2NO5S. The highest BCUT2D eigenvalue weighted by molar-refractivity contribution is 7.17. The first kappa shape index (κ1) is 16.5. The predicted octanol–water partition coefficient (Wildman–Crippen LogP) is 4.20. The van der Waals surface area contributed by atoms with Gasteiger partial charge in [-0.25, -0.2) is 4.79 Å². The molecule has 0 radical (unpaired) electrons. The summed E-state index contributed by atoms with van der Waals surface area (Å²) in [4.78, 5) is 21.8. The maximum atomic E-state index is 11.7. The minimum absolute atomic E-state index is 0.0356. The van der Waals surface area contributed by atoms with E-state index in [4.69, 9.17) is 32.7 Å². The summed E-state index contributed by atoms with van der Waals surface area (Å²) in [6.45, 7) is 0.0226. The molecule has 0 aliphatic heterocycles. The summed E-state index contributed by atoms with van der Waals surface area (Å²) < 4.78 is 10.3. The lowest BCUT2D eigenvalue weighted by Crippen LogP contribution is -2.11. The molecule has 1 aromatic carbocycles. The van der Waals surface area contributed by atoms with Gasteiger partial charge < -0.3 is 9.47 Å². The molecule has 0 N–H and O–H groups in total. The summed E-state index contributed by atoms with van der Waals surface area (Å²) in [5.74, 6) is -0.333. The van der Waals surface area contributed by atoms with Crippen molar-refractivity contribution in [2.45, 2.75) is 0 Å². The lowest BCUT2D eigenvalue weighted by Gasteiger charge is -2.09. The molecule has 0 aliphatic rings. The van der Waals surface area contributed by atoms with Crippen LogP contribution in [-0.4, -0.2) is 24.1 Å². The smallest absolute Gasteiger partial charge is 0.348 e. The Balaban J connectivity index is 1.83. The molecule has 0 amide bonds. The third-order valence-electron chi connectivity index (χ3n) is 2.45. The zero-order chi connectivity index (χ0) is 16.1. The Morgan fingerprint density at radius 2 is 1.86 bits per heavy atom. The van der Waals surface area contributed by atoms with Crippen molar-refractivity contribution < 1.29 is 19.2 Å². The number of halogens is 2. The van der Waals surface area contributed by atoms with E-state index in [1.165, 1.54) is 12.1 Å². The lowest BCUT2D eigenvalue weighted by atomic mass is 10.3. The summed E-state index contributed by atoms with van der Waals surface area (Å²) >= 11 is 12.6. The molecule has 116 valence electrons. The topological polar surface area (TPSA) is 78.7 Å². The predicted molar refractivity (Wildman–Crippen MR) is 83.2 cm³/mol. The molecule has 0 unspecified atom stereocenters. The highest BCUT2D eigenvalue weighted by atomic mass is 35.5. The number of carbonyl (C=O) groups excluding carboxylic acids is 1. The van der Waals surface area contributed by atoms with Gasteiger partial charge in [-0.2, -0.15) is 0 Å². The van der Waals surface area contributed by atoms with Crippen LogP contribution >= 0.6 is 34.5 Å². The van der Waals surface area contributed by atoms with Gasteiger partial charge in [0, 0.05) is 6.07 Å². The molecule has 1 heterocycles. The standard InChI is InChI=1S/C13H9Cl2NO5S/c14-8-2-1-3-9(15)12(8)20-6-7-21-13(17)10-4-5-11(22-10)16(18)19/h1-5H,6-7H2. The number of hydrogen-bond acceptors (Lipinski definition) is 6. The molecule has 0 saturated heterocycles. The van der Waals surface area contributed by atoms with Crippen molar-refractivity contribution in [2.75, 3.05) is 13.2 Å². The first-order valence-electron chi connectivity index (χ1n) is 5.97. The third kappa shape index (κ3) is 4.09. The second-order valence-corrected chi connectivity index (χ2v) is 5.81. The fraction of sp³-hybridized carbons (Fsp3) is 0.154. The van der Waals surface area contributed by atoms with Gasteiger partial charge in [0.05, 0.1) is 15.0 Å². The van der Waals surface area contributed by atoms with Crippen LogP contribution in [0, 0.1) is 10.1 Å². The number of hydrogen-bond donors (Lipinski definition) is 0. The molecule has 0 fully saturated rings. The van der Waals surface area contributed by atoms with Gasteiger partial charge in [0.1, 0.15) is 18.1 Å². The first-order valence-corrected chi connectivity index (χ1v) is 7.54. The van der Waals surface area contributed by atoms with Crippen LogP contribution in [0.25, 0.3) is 0 Å². The average molecular weight is 362 g/mol. The van der Waals surface area contributed by atoms with Crippen LogP contribution in [0.15, 0.2) is 30.3 Å². The van der Waals surface area contributed by atoms with Crippen molar-refractivity contribution in [1.29, 1.82) is 0 Å². The molecule has 0 aliphatic carbocycles. The first-order chi connectivity index (χ1) is 10.5. The molecule has 6 nitrogen and oxygen atoms in total. The SMILES string of the molecule is O=C(OCCOc1c(Cl)cccc1Cl)c1ccc([N+](=O)[O-])s1. The number of carbonyl (C=O) groups is 1. The Kier molecular flexibility index (Phi) is 5.59. The minimum Gasteiger partial charge on any atom is -0.487 e. The Labute approximate surface area is 139 Å². The second-order valence-electron chi connectivity index (χ2n) is 3.93. The van der Waals surface area contributed by atoms with Gasteiger partial charge in [-0.05, 0) is 18.2 Å². The molecular weight excluding hydrogens is 353 g/mol. The van der Waals surface area contributed by atoms with Gasteiger partial charge in [0.15, 0.2) is 5.75 Å². The van der Waals surface area contributed by atoms with Gasteiger partial charge in [-0.3, -0.25) is 10.1 Å². The van der Waals surface area contributed by atoms with Crippen LogP contribution in [0.4, 0.5) is 5.00 Å². The number of thiophene rings is 1. The van der Waals surface area contributed by atoms with Crippen molar-refractivity contribution in [1.82, 2.24) is 0 Å². The van der Waals surface area contributed by atoms with Gasteiger partial charge in [-0.1, -0.05) is 40.6 Å². The van der Waals surface area contributed by atoms with Gasteiger partial charge >= 0.3 is 11.0 Å². The molecule has 9 heteroatoms. The quantitative estimate of drug-likeness (QED) is 0.333. The number of esters is 1. The monoisotopic (exact) mass is 361 g/mol. The maximum absolute atomic E-state index is 11.7. The highest BCUT2D eigenvalue weighted by Crippen LogP contribution is 2.32. The van der Waals surface area contributed by atoms with E-state index < -0.39 is 10.9 Å². The van der Waals surface area contributed by atoms with Crippen LogP contribution in [0.5, 0.6) is 5.75 Å². The van der Waals surface area contributed by atoms with Crippen LogP contribution in [0.3, 0.4) is 0 Å². The van der Waals surface area contributed by atoms with E-state index in [9.17, 15) is 14.9 Å². The molecule has 1 aromatic heterocycles. The summed E-state index contributed by atoms with van der Waals surface area (Å²) in [6, 6.07) is 7.53. The van der Waals surface area contributed by atoms with Crippen LogP contribution < -0.4 is 4.74 Å². The van der Waals surface area contributed by atoms with Crippen molar-refractivity contribution in [2.24, 2.45) is 0 Å². The Morgan fingerprint density at radius 1 is 1.18 bits per heavy atom. The highest BCUT2D eigenvalue weighted by Gasteiger charge is 2.16. The summed E-state index contributed by atoms with van der Waals surface area (Å²) in [6.07, 6.45) is 0. The Hall–Kier alpha value is -1.83. The summed E-state index contributed by atoms with van der Waals surface area (Å²) in [7, 11) is 0. The van der Waals surface area contributed by atoms with Crippen molar-refractivity contribution in [3.05, 3.63) is 55.4 Å². The lowest BCUT2D eigenvalue weighted by molar-refractivity contribution is -0.380. The second kappa shape index (κ2) is 7.44. The fourth-order valence-corrected chi connectivity index (χ4v) is 2.73. The molecule has 0 saturated carbocycles. The number of nitrogens with zero attached hydrogens (tertiary/aromatic N) is 1. The van der Waals surface area contributed by atoms with E-state index in [2.05, 4.69) is 0 Å². The van der Waals surface area contributed by atoms with Crippen LogP contribution in [0.2, 0.25) is 10.0 Å². The summed E-state index contributed by atoms with van der Waals surface area (Å²) in [5, 5.41) is 11.1. The van der Waals surface area contributed by atoms with E-state index in [-0.39, 0.29) is 23.1 Å². The maximum Gasteiger partial charge on any atom is 0.348 e. The number of ether oxygens (including phenoxy) is 2. The Morgan fingerprint density at radius 3 is 2.45 bits per heavy atom. The zero-order valence-corrected chi connectivity index (χ0v) is 13.3. The van der Waals surface area contributed by atoms with E-state index in [0.29, 0.717) is 15.8 Å². The number of rotatable bonds is 6. The number of para-hydroxylation sites is 1. The molecule has 2 rings (SSSR count). The minimum atomic E-state index is -0.646. The summed E-state index contributed by atoms with van der Waals surface area (Å²) in [5.41, 5.74) is 0. The molecule has 0 bridgehead atoms. The van der Waals surface area contributed by atoms with Crippen LogP contribution in [0.1, 0.15) is 9.67 Å².